The lowest BCUT2D eigenvalue weighted by atomic mass is 9.86. The quantitative estimate of drug-likeness (QED) is 0.340. The van der Waals surface area contributed by atoms with E-state index in [1.807, 2.05) is 0 Å². The number of carbonyl (C=O) groups excluding carboxylic acids is 1. The van der Waals surface area contributed by atoms with Gasteiger partial charge < -0.3 is 4.84 Å². The Morgan fingerprint density at radius 2 is 2.44 bits per heavy atom. The monoisotopic (exact) mass is 129 g/mol. The van der Waals surface area contributed by atoms with Gasteiger partial charge in [-0.15, -0.1) is 0 Å². The summed E-state index contributed by atoms with van der Waals surface area (Å²) in [5, 5.41) is 0. The Bertz CT molecular complexity index is 91.1. The summed E-state index contributed by atoms with van der Waals surface area (Å²) in [6, 6.07) is 0. The Hall–Kier alpha value is -0.570. The molecule has 0 aliphatic heterocycles. The van der Waals surface area contributed by atoms with Crippen molar-refractivity contribution in [2.75, 3.05) is 6.54 Å². The van der Waals surface area contributed by atoms with Crippen LogP contribution in [0.4, 0.5) is 0 Å². The second kappa shape index (κ2) is 3.45. The molecule has 0 aromatic carbocycles. The molecule has 52 valence electrons. The molecule has 1 rings (SSSR count). The number of nitrogens with one attached hydrogen (secondary N) is 1. The van der Waals surface area contributed by atoms with E-state index < -0.39 is 0 Å². The van der Waals surface area contributed by atoms with Crippen molar-refractivity contribution in [2.24, 2.45) is 5.92 Å². The van der Waals surface area contributed by atoms with E-state index in [-0.39, 0.29) is 0 Å². The van der Waals surface area contributed by atoms with Crippen LogP contribution < -0.4 is 5.48 Å². The molecule has 0 aromatic rings. The van der Waals surface area contributed by atoms with Gasteiger partial charge in [0.2, 0.25) is 0 Å². The molecule has 1 fully saturated rings. The predicted octanol–water partition coefficient (Wildman–Crippen LogP) is 0.464. The fraction of sp³-hybridized carbons (Fsp3) is 0.833. The lowest BCUT2D eigenvalue weighted by molar-refractivity contribution is -0.136. The second-order valence-corrected chi connectivity index (χ2v) is 2.36. The van der Waals surface area contributed by atoms with Crippen LogP contribution in [-0.2, 0) is 9.63 Å². The van der Waals surface area contributed by atoms with Gasteiger partial charge in [0.15, 0.2) is 0 Å². The summed E-state index contributed by atoms with van der Waals surface area (Å²) >= 11 is 0. The minimum absolute atomic E-state index is 0.415. The highest BCUT2D eigenvalue weighted by Crippen LogP contribution is 2.24. The highest BCUT2D eigenvalue weighted by atomic mass is 16.7. The first-order valence-corrected chi connectivity index (χ1v) is 3.25. The molecule has 1 aliphatic rings. The SMILES string of the molecule is O=CONCC1CCC1. The summed E-state index contributed by atoms with van der Waals surface area (Å²) < 4.78 is 0. The highest BCUT2D eigenvalue weighted by Gasteiger charge is 2.16. The van der Waals surface area contributed by atoms with Crippen LogP contribution in [-0.4, -0.2) is 13.0 Å². The van der Waals surface area contributed by atoms with E-state index in [1.54, 1.807) is 0 Å². The van der Waals surface area contributed by atoms with Gasteiger partial charge in [0.1, 0.15) is 0 Å². The average molecular weight is 129 g/mol. The molecule has 0 spiro atoms. The maximum atomic E-state index is 9.61. The fourth-order valence-electron chi connectivity index (χ4n) is 0.897. The zero-order valence-electron chi connectivity index (χ0n) is 5.30. The van der Waals surface area contributed by atoms with E-state index in [9.17, 15) is 4.79 Å². The number of carbonyl (C=O) groups is 1. The largest absolute Gasteiger partial charge is 0.374 e. The van der Waals surface area contributed by atoms with Crippen LogP contribution >= 0.6 is 0 Å². The minimum atomic E-state index is 0.415. The fourth-order valence-corrected chi connectivity index (χ4v) is 0.897. The number of rotatable bonds is 4. The van der Waals surface area contributed by atoms with Crippen LogP contribution in [0.5, 0.6) is 0 Å². The number of hydrogen-bond donors (Lipinski definition) is 1. The van der Waals surface area contributed by atoms with Crippen molar-refractivity contribution in [1.29, 1.82) is 0 Å². The molecule has 0 heterocycles. The Morgan fingerprint density at radius 3 is 2.89 bits per heavy atom. The normalized spacial score (nSPS) is 18.7. The maximum Gasteiger partial charge on any atom is 0.312 e. The molecule has 0 aromatic heterocycles. The molecule has 0 bridgehead atoms. The topological polar surface area (TPSA) is 38.3 Å². The van der Waals surface area contributed by atoms with Crippen molar-refractivity contribution < 1.29 is 9.63 Å². The molecule has 3 heteroatoms. The zero-order valence-corrected chi connectivity index (χ0v) is 5.30. The molecule has 0 unspecified atom stereocenters. The minimum Gasteiger partial charge on any atom is -0.374 e. The van der Waals surface area contributed by atoms with Gasteiger partial charge in [-0.3, -0.25) is 4.79 Å². The summed E-state index contributed by atoms with van der Waals surface area (Å²) in [5.41, 5.74) is 2.57. The standard InChI is InChI=1S/C6H11NO2/c8-5-9-7-4-6-2-1-3-6/h5-7H,1-4H2. The molecular formula is C6H11NO2. The van der Waals surface area contributed by atoms with Gasteiger partial charge in [0.25, 0.3) is 0 Å². The van der Waals surface area contributed by atoms with Gasteiger partial charge in [-0.25, -0.2) is 0 Å². The summed E-state index contributed by atoms with van der Waals surface area (Å²) in [6.45, 7) is 1.23. The average Bonchev–Trinajstić information content (AvgIpc) is 1.76. The van der Waals surface area contributed by atoms with Crippen molar-refractivity contribution in [2.45, 2.75) is 19.3 Å². The van der Waals surface area contributed by atoms with Crippen LogP contribution in [0.25, 0.3) is 0 Å². The van der Waals surface area contributed by atoms with E-state index in [1.165, 1.54) is 19.3 Å². The molecule has 3 nitrogen and oxygen atoms in total. The molecular weight excluding hydrogens is 118 g/mol. The highest BCUT2D eigenvalue weighted by molar-refractivity contribution is 5.36. The number of hydrogen-bond acceptors (Lipinski definition) is 3. The van der Waals surface area contributed by atoms with Crippen molar-refractivity contribution in [3.05, 3.63) is 0 Å². The maximum absolute atomic E-state index is 9.61. The summed E-state index contributed by atoms with van der Waals surface area (Å²) in [7, 11) is 0. The van der Waals surface area contributed by atoms with Crippen molar-refractivity contribution in [1.82, 2.24) is 5.48 Å². The Labute approximate surface area is 54.3 Å². The van der Waals surface area contributed by atoms with Gasteiger partial charge in [-0.2, -0.15) is 5.48 Å². The smallest absolute Gasteiger partial charge is 0.312 e. The third-order valence-electron chi connectivity index (χ3n) is 1.73. The summed E-state index contributed by atoms with van der Waals surface area (Å²) in [6.07, 6.45) is 3.87. The lowest BCUT2D eigenvalue weighted by Gasteiger charge is -2.24. The Kier molecular flexibility index (Phi) is 2.51. The molecule has 0 radical (unpaired) electrons. The van der Waals surface area contributed by atoms with Gasteiger partial charge in [0, 0.05) is 6.54 Å². The van der Waals surface area contributed by atoms with E-state index in [0.717, 1.165) is 12.5 Å². The molecule has 1 aliphatic carbocycles. The summed E-state index contributed by atoms with van der Waals surface area (Å²) in [5.74, 6) is 0.741. The van der Waals surface area contributed by atoms with E-state index >= 15 is 0 Å². The molecule has 0 amide bonds. The van der Waals surface area contributed by atoms with E-state index in [2.05, 4.69) is 10.3 Å². The van der Waals surface area contributed by atoms with Crippen LogP contribution in [0.15, 0.2) is 0 Å². The third kappa shape index (κ3) is 2.01. The molecule has 1 N–H and O–H groups in total. The molecule has 1 saturated carbocycles. The van der Waals surface area contributed by atoms with Crippen molar-refractivity contribution in [3.8, 4) is 0 Å². The van der Waals surface area contributed by atoms with Gasteiger partial charge in [0.05, 0.1) is 0 Å². The molecule has 0 atom stereocenters. The first-order valence-electron chi connectivity index (χ1n) is 3.25. The van der Waals surface area contributed by atoms with Gasteiger partial charge in [-0.05, 0) is 18.8 Å². The Balaban J connectivity index is 1.85. The molecule has 9 heavy (non-hydrogen) atoms. The predicted molar refractivity (Wildman–Crippen MR) is 32.5 cm³/mol. The van der Waals surface area contributed by atoms with Crippen LogP contribution in [0.2, 0.25) is 0 Å². The van der Waals surface area contributed by atoms with Crippen LogP contribution in [0.3, 0.4) is 0 Å². The van der Waals surface area contributed by atoms with Crippen molar-refractivity contribution in [3.63, 3.8) is 0 Å². The second-order valence-electron chi connectivity index (χ2n) is 2.36. The first-order chi connectivity index (χ1) is 4.43. The van der Waals surface area contributed by atoms with Crippen LogP contribution in [0, 0.1) is 5.92 Å². The Morgan fingerprint density at radius 1 is 1.67 bits per heavy atom. The van der Waals surface area contributed by atoms with Gasteiger partial charge in [-0.1, -0.05) is 6.42 Å². The number of hydroxylamine groups is 1. The van der Waals surface area contributed by atoms with Gasteiger partial charge >= 0.3 is 6.47 Å². The van der Waals surface area contributed by atoms with E-state index in [4.69, 9.17) is 0 Å². The molecule has 0 saturated heterocycles. The zero-order chi connectivity index (χ0) is 6.53. The first kappa shape index (κ1) is 6.55. The third-order valence-corrected chi connectivity index (χ3v) is 1.73. The lowest BCUT2D eigenvalue weighted by Crippen LogP contribution is -2.26. The van der Waals surface area contributed by atoms with Crippen molar-refractivity contribution >= 4 is 6.47 Å². The van der Waals surface area contributed by atoms with Crippen LogP contribution in [0.1, 0.15) is 19.3 Å². The van der Waals surface area contributed by atoms with E-state index in [0.29, 0.717) is 6.47 Å². The summed E-state index contributed by atoms with van der Waals surface area (Å²) in [4.78, 5) is 13.9.